The lowest BCUT2D eigenvalue weighted by atomic mass is 9.28. The Kier molecular flexibility index (Phi) is 5.30. The Morgan fingerprint density at radius 1 is 0.706 bits per heavy atom. The van der Waals surface area contributed by atoms with Gasteiger partial charge in [-0.05, 0) is 0 Å². The van der Waals surface area contributed by atoms with Crippen molar-refractivity contribution in [2.45, 2.75) is 53.2 Å². The van der Waals surface area contributed by atoms with E-state index in [4.69, 9.17) is 0 Å². The molecule has 1 aromatic carbocycles. The lowest BCUT2D eigenvalue weighted by Gasteiger charge is -2.32. The molecule has 2 unspecified atom stereocenters. The first kappa shape index (κ1) is 14.3. The van der Waals surface area contributed by atoms with Gasteiger partial charge >= 0.3 is 0 Å². The van der Waals surface area contributed by atoms with Crippen molar-refractivity contribution in [2.75, 3.05) is 0 Å². The highest BCUT2D eigenvalue weighted by Gasteiger charge is 2.32. The Bertz CT molecular complexity index is 302. The number of rotatable bonds is 5. The zero-order chi connectivity index (χ0) is 13.0. The van der Waals surface area contributed by atoms with Crippen molar-refractivity contribution in [3.8, 4) is 0 Å². The van der Waals surface area contributed by atoms with Crippen molar-refractivity contribution in [2.24, 2.45) is 11.8 Å². The molecule has 0 fully saturated rings. The SMILES string of the molecule is CC(C)C(C)B(c1ccccc1)C(C)C(C)C. The van der Waals surface area contributed by atoms with E-state index >= 15 is 0 Å². The third kappa shape index (κ3) is 3.62. The van der Waals surface area contributed by atoms with Gasteiger partial charge in [0.2, 0.25) is 0 Å². The summed E-state index contributed by atoms with van der Waals surface area (Å²) in [6.07, 6.45) is 0. The molecule has 0 nitrogen and oxygen atoms in total. The Morgan fingerprint density at radius 3 is 1.47 bits per heavy atom. The van der Waals surface area contributed by atoms with Crippen LogP contribution in [0, 0.1) is 11.8 Å². The van der Waals surface area contributed by atoms with Crippen LogP contribution in [0.3, 0.4) is 0 Å². The van der Waals surface area contributed by atoms with Gasteiger partial charge in [-0.25, -0.2) is 0 Å². The summed E-state index contributed by atoms with van der Waals surface area (Å²) in [4.78, 5) is 0. The summed E-state index contributed by atoms with van der Waals surface area (Å²) < 4.78 is 0. The van der Waals surface area contributed by atoms with Crippen LogP contribution in [-0.4, -0.2) is 6.71 Å². The summed E-state index contributed by atoms with van der Waals surface area (Å²) in [5.74, 6) is 2.94. The van der Waals surface area contributed by atoms with E-state index in [1.807, 2.05) is 0 Å². The van der Waals surface area contributed by atoms with Gasteiger partial charge in [-0.3, -0.25) is 0 Å². The molecule has 0 saturated heterocycles. The van der Waals surface area contributed by atoms with Crippen molar-refractivity contribution in [1.82, 2.24) is 0 Å². The van der Waals surface area contributed by atoms with E-state index in [1.54, 1.807) is 0 Å². The molecule has 0 radical (unpaired) electrons. The van der Waals surface area contributed by atoms with Crippen LogP contribution in [0.15, 0.2) is 30.3 Å². The molecule has 0 aliphatic rings. The van der Waals surface area contributed by atoms with Crippen LogP contribution < -0.4 is 5.46 Å². The van der Waals surface area contributed by atoms with E-state index in [9.17, 15) is 0 Å². The molecule has 1 aromatic rings. The second-order valence-electron chi connectivity index (χ2n) is 6.14. The van der Waals surface area contributed by atoms with Crippen molar-refractivity contribution in [3.05, 3.63) is 30.3 Å². The topological polar surface area (TPSA) is 0 Å². The predicted octanol–water partition coefficient (Wildman–Crippen LogP) is 4.48. The average Bonchev–Trinajstić information content (AvgIpc) is 2.30. The van der Waals surface area contributed by atoms with Gasteiger partial charge < -0.3 is 0 Å². The highest BCUT2D eigenvalue weighted by molar-refractivity contribution is 6.75. The maximum Gasteiger partial charge on any atom is 0.182 e. The van der Waals surface area contributed by atoms with Gasteiger partial charge in [0, 0.05) is 0 Å². The molecular weight excluding hydrogens is 203 g/mol. The zero-order valence-electron chi connectivity index (χ0n) is 12.3. The van der Waals surface area contributed by atoms with E-state index in [0.717, 1.165) is 23.5 Å². The van der Waals surface area contributed by atoms with Crippen molar-refractivity contribution in [3.63, 3.8) is 0 Å². The van der Waals surface area contributed by atoms with Crippen LogP contribution >= 0.6 is 0 Å². The molecule has 1 heteroatoms. The Hall–Kier alpha value is -0.715. The summed E-state index contributed by atoms with van der Waals surface area (Å²) in [5, 5.41) is 0. The molecule has 0 N–H and O–H groups in total. The molecule has 2 atom stereocenters. The molecule has 1 rings (SSSR count). The first-order valence-electron chi connectivity index (χ1n) is 7.00. The van der Waals surface area contributed by atoms with Gasteiger partial charge in [0.25, 0.3) is 0 Å². The van der Waals surface area contributed by atoms with Crippen molar-refractivity contribution < 1.29 is 0 Å². The van der Waals surface area contributed by atoms with Crippen LogP contribution in [0.4, 0.5) is 0 Å². The summed E-state index contributed by atoms with van der Waals surface area (Å²) in [5.41, 5.74) is 1.51. The maximum absolute atomic E-state index is 2.40. The van der Waals surface area contributed by atoms with Gasteiger partial charge in [0.1, 0.15) is 0 Å². The molecule has 0 aliphatic carbocycles. The van der Waals surface area contributed by atoms with Gasteiger partial charge in [-0.15, -0.1) is 0 Å². The summed E-state index contributed by atoms with van der Waals surface area (Å²) in [6.45, 7) is 14.8. The quantitative estimate of drug-likeness (QED) is 0.654. The van der Waals surface area contributed by atoms with E-state index in [1.165, 1.54) is 5.46 Å². The maximum atomic E-state index is 2.40. The summed E-state index contributed by atoms with van der Waals surface area (Å²) in [7, 11) is 0. The fraction of sp³-hybridized carbons (Fsp3) is 0.625. The molecule has 17 heavy (non-hydrogen) atoms. The summed E-state index contributed by atoms with van der Waals surface area (Å²) in [6, 6.07) is 11.0. The smallest absolute Gasteiger partial charge is 0.0795 e. The van der Waals surface area contributed by atoms with E-state index in [0.29, 0.717) is 6.71 Å². The predicted molar refractivity (Wildman–Crippen MR) is 80.4 cm³/mol. The van der Waals surface area contributed by atoms with E-state index in [-0.39, 0.29) is 0 Å². The molecule has 0 aromatic heterocycles. The fourth-order valence-electron chi connectivity index (χ4n) is 2.59. The molecule has 0 amide bonds. The van der Waals surface area contributed by atoms with Gasteiger partial charge in [-0.1, -0.05) is 101 Å². The largest absolute Gasteiger partial charge is 0.182 e. The lowest BCUT2D eigenvalue weighted by Crippen LogP contribution is -2.41. The van der Waals surface area contributed by atoms with Crippen molar-refractivity contribution in [1.29, 1.82) is 0 Å². The van der Waals surface area contributed by atoms with E-state index in [2.05, 4.69) is 71.9 Å². The average molecular weight is 230 g/mol. The second kappa shape index (κ2) is 6.28. The third-order valence-corrected chi connectivity index (χ3v) is 4.42. The minimum absolute atomic E-state index is 0.677. The van der Waals surface area contributed by atoms with Gasteiger partial charge in [0.15, 0.2) is 6.71 Å². The third-order valence-electron chi connectivity index (χ3n) is 4.42. The highest BCUT2D eigenvalue weighted by atomic mass is 14.1. The van der Waals surface area contributed by atoms with Crippen LogP contribution in [0.5, 0.6) is 0 Å². The first-order valence-corrected chi connectivity index (χ1v) is 7.00. The normalized spacial score (nSPS) is 15.1. The minimum Gasteiger partial charge on any atom is -0.0795 e. The molecule has 0 aliphatic heterocycles. The van der Waals surface area contributed by atoms with Crippen LogP contribution in [0.1, 0.15) is 41.5 Å². The first-order chi connectivity index (χ1) is 7.95. The number of hydrogen-bond acceptors (Lipinski definition) is 0. The van der Waals surface area contributed by atoms with E-state index < -0.39 is 0 Å². The molecule has 94 valence electrons. The fourth-order valence-corrected chi connectivity index (χ4v) is 2.59. The second-order valence-corrected chi connectivity index (χ2v) is 6.14. The molecule has 0 bridgehead atoms. The molecule has 0 saturated carbocycles. The molecule has 0 spiro atoms. The summed E-state index contributed by atoms with van der Waals surface area (Å²) >= 11 is 0. The molecule has 0 heterocycles. The van der Waals surface area contributed by atoms with Gasteiger partial charge in [0.05, 0.1) is 0 Å². The highest BCUT2D eigenvalue weighted by Crippen LogP contribution is 2.32. The van der Waals surface area contributed by atoms with Crippen LogP contribution in [-0.2, 0) is 0 Å². The lowest BCUT2D eigenvalue weighted by molar-refractivity contribution is 0.567. The Morgan fingerprint density at radius 2 is 1.12 bits per heavy atom. The van der Waals surface area contributed by atoms with Crippen LogP contribution in [0.25, 0.3) is 0 Å². The zero-order valence-corrected chi connectivity index (χ0v) is 12.3. The monoisotopic (exact) mass is 230 g/mol. The van der Waals surface area contributed by atoms with Crippen LogP contribution in [0.2, 0.25) is 11.6 Å². The Labute approximate surface area is 108 Å². The number of hydrogen-bond donors (Lipinski definition) is 0. The van der Waals surface area contributed by atoms with Gasteiger partial charge in [-0.2, -0.15) is 0 Å². The Balaban J connectivity index is 3.03. The number of benzene rings is 1. The standard InChI is InChI=1S/C16H27B/c1-12(2)14(5)17(15(6)13(3)4)16-10-8-7-9-11-16/h7-15H,1-6H3. The van der Waals surface area contributed by atoms with Crippen molar-refractivity contribution >= 4 is 12.2 Å². The molecular formula is C16H27B. The minimum atomic E-state index is 0.677.